The first kappa shape index (κ1) is 16.4. The van der Waals surface area contributed by atoms with Crippen molar-refractivity contribution >= 4 is 11.8 Å². The number of thioether (sulfide) groups is 1. The Morgan fingerprint density at radius 1 is 1.18 bits per heavy atom. The summed E-state index contributed by atoms with van der Waals surface area (Å²) in [5.41, 5.74) is 6.45. The van der Waals surface area contributed by atoms with E-state index in [0.29, 0.717) is 6.42 Å². The quantitative estimate of drug-likeness (QED) is 0.746. The number of hydrogen-bond donors (Lipinski definition) is 3. The van der Waals surface area contributed by atoms with Crippen molar-refractivity contribution in [2.75, 3.05) is 18.6 Å². The van der Waals surface area contributed by atoms with Crippen LogP contribution in [-0.2, 0) is 0 Å². The van der Waals surface area contributed by atoms with Gasteiger partial charge in [-0.3, -0.25) is 0 Å². The Morgan fingerprint density at radius 3 is 2.12 bits per heavy atom. The molecule has 0 saturated heterocycles. The summed E-state index contributed by atoms with van der Waals surface area (Å²) in [5.74, 6) is 0.859. The maximum Gasteiger partial charge on any atom is 0.0921 e. The fraction of sp³-hybridized carbons (Fsp3) is 0.538. The maximum absolute atomic E-state index is 9.11. The third kappa shape index (κ3) is 9.18. The molecule has 0 radical (unpaired) electrons. The molecule has 0 spiro atoms. The zero-order valence-electron chi connectivity index (χ0n) is 10.5. The molecule has 4 N–H and O–H groups in total. The second-order valence-electron chi connectivity index (χ2n) is 3.81. The van der Waals surface area contributed by atoms with Gasteiger partial charge in [0.15, 0.2) is 0 Å². The Hall–Kier alpha value is -0.550. The Kier molecular flexibility index (Phi) is 10.3. The fourth-order valence-electron chi connectivity index (χ4n) is 1.12. The molecule has 2 unspecified atom stereocenters. The predicted octanol–water partition coefficient (Wildman–Crippen LogP) is 1.42. The Balaban J connectivity index is 0.000000318. The Morgan fingerprint density at radius 2 is 1.76 bits per heavy atom. The molecular weight excluding hydrogens is 234 g/mol. The average molecular weight is 257 g/mol. The van der Waals surface area contributed by atoms with Crippen molar-refractivity contribution in [3.8, 4) is 0 Å². The van der Waals surface area contributed by atoms with E-state index in [9.17, 15) is 0 Å². The number of hydrogen-bond acceptors (Lipinski definition) is 4. The lowest BCUT2D eigenvalue weighted by Gasteiger charge is -2.14. The van der Waals surface area contributed by atoms with E-state index in [0.717, 1.165) is 5.75 Å². The van der Waals surface area contributed by atoms with Gasteiger partial charge in [0.2, 0.25) is 0 Å². The zero-order chi connectivity index (χ0) is 13.1. The third-order valence-corrected chi connectivity index (χ3v) is 2.89. The number of benzene rings is 1. The lowest BCUT2D eigenvalue weighted by Crippen LogP contribution is -2.33. The second kappa shape index (κ2) is 10.6. The van der Waals surface area contributed by atoms with Crippen LogP contribution in [0.3, 0.4) is 0 Å². The van der Waals surface area contributed by atoms with Crippen molar-refractivity contribution in [2.45, 2.75) is 25.6 Å². The Bertz CT molecular complexity index is 269. The van der Waals surface area contributed by atoms with Gasteiger partial charge in [0.05, 0.1) is 12.2 Å². The van der Waals surface area contributed by atoms with Crippen molar-refractivity contribution in [1.82, 2.24) is 0 Å². The monoisotopic (exact) mass is 257 g/mol. The van der Waals surface area contributed by atoms with Crippen molar-refractivity contribution in [2.24, 2.45) is 5.73 Å². The normalized spacial score (nSPS) is 13.5. The van der Waals surface area contributed by atoms with E-state index in [1.165, 1.54) is 5.56 Å². The molecule has 4 heteroatoms. The number of rotatable bonds is 5. The van der Waals surface area contributed by atoms with Crippen LogP contribution in [0.25, 0.3) is 0 Å². The number of nitrogens with two attached hydrogens (primary N) is 1. The van der Waals surface area contributed by atoms with E-state index < -0.39 is 12.2 Å². The molecule has 0 fully saturated rings. The van der Waals surface area contributed by atoms with Crippen LogP contribution in [0.2, 0.25) is 0 Å². The average Bonchev–Trinajstić information content (AvgIpc) is 2.36. The summed E-state index contributed by atoms with van der Waals surface area (Å²) in [6, 6.07) is 10.3. The molecule has 1 aromatic carbocycles. The minimum atomic E-state index is -0.757. The maximum atomic E-state index is 9.11. The molecule has 0 aliphatic heterocycles. The lowest BCUT2D eigenvalue weighted by molar-refractivity contribution is 0.0241. The minimum Gasteiger partial charge on any atom is -0.390 e. The van der Waals surface area contributed by atoms with Crippen LogP contribution in [0, 0.1) is 6.92 Å². The summed E-state index contributed by atoms with van der Waals surface area (Å²) in [7, 11) is 0. The molecule has 0 amide bonds. The van der Waals surface area contributed by atoms with Gasteiger partial charge in [-0.1, -0.05) is 35.9 Å². The van der Waals surface area contributed by atoms with E-state index in [1.54, 1.807) is 11.8 Å². The molecule has 0 bridgehead atoms. The van der Waals surface area contributed by atoms with Crippen molar-refractivity contribution in [1.29, 1.82) is 0 Å². The van der Waals surface area contributed by atoms with Gasteiger partial charge >= 0.3 is 0 Å². The number of aliphatic hydroxyl groups excluding tert-OH is 2. The lowest BCUT2D eigenvalue weighted by atomic mass is 10.1. The molecule has 0 heterocycles. The SMILES string of the molecule is CSCCC(O)C(O)CN.Cc1ccccc1. The van der Waals surface area contributed by atoms with Gasteiger partial charge in [-0.05, 0) is 25.4 Å². The first-order valence-electron chi connectivity index (χ1n) is 5.68. The highest BCUT2D eigenvalue weighted by atomic mass is 32.2. The van der Waals surface area contributed by atoms with Crippen LogP contribution in [0.15, 0.2) is 30.3 Å². The molecule has 0 aliphatic rings. The van der Waals surface area contributed by atoms with E-state index >= 15 is 0 Å². The minimum absolute atomic E-state index is 0.134. The molecular formula is C13H23NO2S. The summed E-state index contributed by atoms with van der Waals surface area (Å²) < 4.78 is 0. The van der Waals surface area contributed by atoms with Gasteiger partial charge in [-0.2, -0.15) is 11.8 Å². The highest BCUT2D eigenvalue weighted by Crippen LogP contribution is 2.03. The molecule has 3 nitrogen and oxygen atoms in total. The highest BCUT2D eigenvalue weighted by Gasteiger charge is 2.12. The molecule has 17 heavy (non-hydrogen) atoms. The summed E-state index contributed by atoms with van der Waals surface area (Å²) in [5, 5.41) is 18.1. The predicted molar refractivity (Wildman–Crippen MR) is 75.2 cm³/mol. The molecule has 1 rings (SSSR count). The molecule has 0 aliphatic carbocycles. The molecule has 0 aromatic heterocycles. The van der Waals surface area contributed by atoms with Crippen LogP contribution in [0.5, 0.6) is 0 Å². The molecule has 1 aromatic rings. The Labute approximate surface area is 108 Å². The van der Waals surface area contributed by atoms with Gasteiger partial charge in [-0.15, -0.1) is 0 Å². The topological polar surface area (TPSA) is 66.5 Å². The highest BCUT2D eigenvalue weighted by molar-refractivity contribution is 7.98. The van der Waals surface area contributed by atoms with Crippen molar-refractivity contribution in [3.05, 3.63) is 35.9 Å². The van der Waals surface area contributed by atoms with Crippen molar-refractivity contribution < 1.29 is 10.2 Å². The van der Waals surface area contributed by atoms with Gasteiger partial charge in [0.1, 0.15) is 0 Å². The van der Waals surface area contributed by atoms with Crippen molar-refractivity contribution in [3.63, 3.8) is 0 Å². The number of aryl methyl sites for hydroxylation is 1. The third-order valence-electron chi connectivity index (χ3n) is 2.24. The summed E-state index contributed by atoms with van der Waals surface area (Å²) in [6.07, 6.45) is 1.16. The van der Waals surface area contributed by atoms with E-state index in [1.807, 2.05) is 24.5 Å². The summed E-state index contributed by atoms with van der Waals surface area (Å²) in [6.45, 7) is 2.22. The first-order valence-corrected chi connectivity index (χ1v) is 7.08. The van der Waals surface area contributed by atoms with Crippen LogP contribution >= 0.6 is 11.8 Å². The molecule has 98 valence electrons. The van der Waals surface area contributed by atoms with Crippen LogP contribution < -0.4 is 5.73 Å². The van der Waals surface area contributed by atoms with E-state index in [2.05, 4.69) is 19.1 Å². The summed E-state index contributed by atoms with van der Waals surface area (Å²) in [4.78, 5) is 0. The van der Waals surface area contributed by atoms with Gasteiger partial charge in [-0.25, -0.2) is 0 Å². The van der Waals surface area contributed by atoms with Gasteiger partial charge < -0.3 is 15.9 Å². The van der Waals surface area contributed by atoms with E-state index in [-0.39, 0.29) is 6.54 Å². The van der Waals surface area contributed by atoms with E-state index in [4.69, 9.17) is 15.9 Å². The zero-order valence-corrected chi connectivity index (χ0v) is 11.4. The van der Waals surface area contributed by atoms with Gasteiger partial charge in [0, 0.05) is 6.54 Å². The van der Waals surface area contributed by atoms with Crippen LogP contribution in [-0.4, -0.2) is 41.0 Å². The van der Waals surface area contributed by atoms with Crippen LogP contribution in [0.4, 0.5) is 0 Å². The van der Waals surface area contributed by atoms with Gasteiger partial charge in [0.25, 0.3) is 0 Å². The second-order valence-corrected chi connectivity index (χ2v) is 4.79. The fourth-order valence-corrected chi connectivity index (χ4v) is 1.60. The first-order chi connectivity index (χ1) is 8.11. The standard InChI is InChI=1S/C7H8.C6H15NO2S/c1-7-5-3-2-4-6-7;1-10-3-2-5(8)6(9)4-7/h2-6H,1H3;5-6,8-9H,2-4,7H2,1H3. The number of aliphatic hydroxyl groups is 2. The van der Waals surface area contributed by atoms with Crippen LogP contribution in [0.1, 0.15) is 12.0 Å². The molecule has 2 atom stereocenters. The smallest absolute Gasteiger partial charge is 0.0921 e. The largest absolute Gasteiger partial charge is 0.390 e. The summed E-state index contributed by atoms with van der Waals surface area (Å²) >= 11 is 1.65. The molecule has 0 saturated carbocycles.